The summed E-state index contributed by atoms with van der Waals surface area (Å²) in [4.78, 5) is 43.4. The zero-order valence-electron chi connectivity index (χ0n) is 21.4. The molecule has 3 aliphatic heterocycles. The van der Waals surface area contributed by atoms with Gasteiger partial charge in [-0.1, -0.05) is 51.3 Å². The Kier molecular flexibility index (Phi) is 6.85. The average Bonchev–Trinajstić information content (AvgIpc) is 3.50. The molecule has 3 amide bonds. The third-order valence-electron chi connectivity index (χ3n) is 9.22. The number of carbonyl (C=O) groups excluding carboxylic acids is 3. The Bertz CT molecular complexity index is 992. The number of aliphatic hydroxyl groups excluding tert-OH is 1. The Labute approximate surface area is 213 Å². The number of nitrogens with one attached hydrogen (secondary N) is 2. The van der Waals surface area contributed by atoms with E-state index >= 15 is 0 Å². The summed E-state index contributed by atoms with van der Waals surface area (Å²) in [5.41, 5.74) is -1.18. The number of nitrogens with zero attached hydrogens (tertiary/aromatic N) is 1. The van der Waals surface area contributed by atoms with Gasteiger partial charge in [0.1, 0.15) is 11.6 Å². The highest BCUT2D eigenvalue weighted by Crippen LogP contribution is 2.64. The van der Waals surface area contributed by atoms with E-state index in [1.807, 2.05) is 44.2 Å². The molecular weight excluding hydrogens is 458 g/mol. The van der Waals surface area contributed by atoms with E-state index in [1.54, 1.807) is 4.90 Å². The lowest BCUT2D eigenvalue weighted by Gasteiger charge is -2.38. The molecule has 1 aliphatic carbocycles. The Hall–Kier alpha value is -2.45. The number of anilines is 1. The van der Waals surface area contributed by atoms with Crippen molar-refractivity contribution < 1.29 is 24.2 Å². The third kappa shape index (κ3) is 3.84. The van der Waals surface area contributed by atoms with Crippen LogP contribution in [0.25, 0.3) is 0 Å². The molecule has 36 heavy (non-hydrogen) atoms. The monoisotopic (exact) mass is 497 g/mol. The van der Waals surface area contributed by atoms with Gasteiger partial charge in [0.2, 0.25) is 17.7 Å². The van der Waals surface area contributed by atoms with Gasteiger partial charge in [-0.05, 0) is 50.7 Å². The number of ether oxygens (including phenoxy) is 1. The van der Waals surface area contributed by atoms with Crippen LogP contribution in [0.15, 0.2) is 30.3 Å². The highest BCUT2D eigenvalue weighted by molar-refractivity contribution is 6.02. The molecular formula is C28H39N3O5. The normalized spacial score (nSPS) is 34.5. The zero-order valence-corrected chi connectivity index (χ0v) is 21.4. The summed E-state index contributed by atoms with van der Waals surface area (Å²) >= 11 is 0. The van der Waals surface area contributed by atoms with Crippen LogP contribution < -0.4 is 10.6 Å². The molecule has 2 bridgehead atoms. The molecule has 196 valence electrons. The lowest BCUT2D eigenvalue weighted by Crippen LogP contribution is -2.59. The van der Waals surface area contributed by atoms with Crippen LogP contribution in [0, 0.1) is 11.8 Å². The van der Waals surface area contributed by atoms with Crippen molar-refractivity contribution in [3.05, 3.63) is 30.3 Å². The van der Waals surface area contributed by atoms with Crippen LogP contribution in [0.2, 0.25) is 0 Å². The molecule has 6 atom stereocenters. The molecule has 0 aromatic heterocycles. The molecule has 3 heterocycles. The fourth-order valence-electron chi connectivity index (χ4n) is 7.43. The van der Waals surface area contributed by atoms with Crippen LogP contribution in [0.3, 0.4) is 0 Å². The van der Waals surface area contributed by atoms with Crippen LogP contribution in [0.4, 0.5) is 5.69 Å². The second-order valence-corrected chi connectivity index (χ2v) is 11.0. The van der Waals surface area contributed by atoms with Crippen LogP contribution in [0.1, 0.15) is 71.6 Å². The van der Waals surface area contributed by atoms with E-state index in [4.69, 9.17) is 4.74 Å². The number of para-hydroxylation sites is 1. The first kappa shape index (κ1) is 25.2. The Morgan fingerprint density at radius 1 is 1.11 bits per heavy atom. The molecule has 1 saturated carbocycles. The van der Waals surface area contributed by atoms with E-state index in [9.17, 15) is 19.5 Å². The molecule has 0 radical (unpaired) electrons. The predicted molar refractivity (Wildman–Crippen MR) is 135 cm³/mol. The van der Waals surface area contributed by atoms with Crippen LogP contribution in [0.5, 0.6) is 0 Å². The van der Waals surface area contributed by atoms with Crippen molar-refractivity contribution in [1.82, 2.24) is 10.2 Å². The van der Waals surface area contributed by atoms with E-state index in [0.29, 0.717) is 31.4 Å². The van der Waals surface area contributed by atoms with E-state index in [-0.39, 0.29) is 30.4 Å². The van der Waals surface area contributed by atoms with Gasteiger partial charge in [0.15, 0.2) is 0 Å². The Balaban J connectivity index is 1.52. The molecule has 5 rings (SSSR count). The Morgan fingerprint density at radius 3 is 2.47 bits per heavy atom. The van der Waals surface area contributed by atoms with Gasteiger partial charge in [-0.3, -0.25) is 14.4 Å². The quantitative estimate of drug-likeness (QED) is 0.512. The minimum Gasteiger partial charge on any atom is -0.394 e. The molecule has 3 N–H and O–H groups in total. The SMILES string of the molecule is CC[C@@H](CO)N1C(=O)[C@@H]2[C@H](C(=O)Nc3ccccc3)[C@]3(CC)CCC2(O3)C1C(=O)NC1CCCCC1. The smallest absolute Gasteiger partial charge is 0.246 e. The summed E-state index contributed by atoms with van der Waals surface area (Å²) in [7, 11) is 0. The standard InChI is InChI=1S/C28H39N3O5/c1-3-20(17-32)31-23(25(34)30-19-13-9-6-10-14-19)28-16-15-27(4-2,36-28)21(22(28)26(31)35)24(33)29-18-11-7-5-8-12-18/h5,7-8,11-12,19-23,32H,3-4,6,9-10,13-17H2,1-2H3,(H,29,33)(H,30,34)/t20-,21+,22-,23?,27-,28?/m0/s1. The predicted octanol–water partition coefficient (Wildman–Crippen LogP) is 3.00. The van der Waals surface area contributed by atoms with Crippen LogP contribution in [-0.4, -0.2) is 63.7 Å². The number of hydrogen-bond donors (Lipinski definition) is 3. The first-order valence-electron chi connectivity index (χ1n) is 13.7. The van der Waals surface area contributed by atoms with Crippen molar-refractivity contribution in [2.24, 2.45) is 11.8 Å². The summed E-state index contributed by atoms with van der Waals surface area (Å²) in [5, 5.41) is 16.4. The van der Waals surface area contributed by atoms with Crippen molar-refractivity contribution in [2.45, 2.75) is 101 Å². The van der Waals surface area contributed by atoms with E-state index in [2.05, 4.69) is 10.6 Å². The van der Waals surface area contributed by atoms with Crippen molar-refractivity contribution >= 4 is 23.4 Å². The summed E-state index contributed by atoms with van der Waals surface area (Å²) in [6.07, 6.45) is 7.47. The van der Waals surface area contributed by atoms with Gasteiger partial charge >= 0.3 is 0 Å². The maximum Gasteiger partial charge on any atom is 0.246 e. The van der Waals surface area contributed by atoms with Crippen molar-refractivity contribution in [3.63, 3.8) is 0 Å². The van der Waals surface area contributed by atoms with Gasteiger partial charge < -0.3 is 25.4 Å². The number of fused-ring (bicyclic) bond motifs is 1. The van der Waals surface area contributed by atoms with E-state index in [1.165, 1.54) is 6.42 Å². The first-order valence-corrected chi connectivity index (χ1v) is 13.7. The molecule has 4 aliphatic rings. The number of benzene rings is 1. The average molecular weight is 498 g/mol. The van der Waals surface area contributed by atoms with E-state index in [0.717, 1.165) is 25.7 Å². The zero-order chi connectivity index (χ0) is 25.5. The van der Waals surface area contributed by atoms with Gasteiger partial charge in [0, 0.05) is 11.7 Å². The summed E-state index contributed by atoms with van der Waals surface area (Å²) in [6, 6.07) is 7.96. The van der Waals surface area contributed by atoms with Gasteiger partial charge in [-0.2, -0.15) is 0 Å². The molecule has 1 aromatic rings. The largest absolute Gasteiger partial charge is 0.394 e. The molecule has 8 heteroatoms. The number of amides is 3. The lowest BCUT2D eigenvalue weighted by molar-refractivity contribution is -0.150. The van der Waals surface area contributed by atoms with Crippen LogP contribution >= 0.6 is 0 Å². The molecule has 3 saturated heterocycles. The first-order chi connectivity index (χ1) is 17.4. The van der Waals surface area contributed by atoms with Crippen LogP contribution in [-0.2, 0) is 19.1 Å². The molecule has 4 fully saturated rings. The topological polar surface area (TPSA) is 108 Å². The summed E-state index contributed by atoms with van der Waals surface area (Å²) in [6.45, 7) is 3.66. The van der Waals surface area contributed by atoms with Gasteiger partial charge in [0.25, 0.3) is 0 Å². The fourth-order valence-corrected chi connectivity index (χ4v) is 7.43. The van der Waals surface area contributed by atoms with Gasteiger partial charge in [-0.25, -0.2) is 0 Å². The van der Waals surface area contributed by atoms with Gasteiger partial charge in [0.05, 0.1) is 30.1 Å². The third-order valence-corrected chi connectivity index (χ3v) is 9.22. The minimum atomic E-state index is -1.06. The molecule has 1 spiro atoms. The summed E-state index contributed by atoms with van der Waals surface area (Å²) < 4.78 is 6.79. The number of rotatable bonds is 8. The molecule has 2 unspecified atom stereocenters. The molecule has 8 nitrogen and oxygen atoms in total. The second-order valence-electron chi connectivity index (χ2n) is 11.0. The maximum atomic E-state index is 14.1. The fraction of sp³-hybridized carbons (Fsp3) is 0.679. The summed E-state index contributed by atoms with van der Waals surface area (Å²) in [5.74, 6) is -2.15. The minimum absolute atomic E-state index is 0.0868. The van der Waals surface area contributed by atoms with Gasteiger partial charge in [-0.15, -0.1) is 0 Å². The lowest BCUT2D eigenvalue weighted by atomic mass is 9.65. The van der Waals surface area contributed by atoms with Crippen molar-refractivity contribution in [2.75, 3.05) is 11.9 Å². The number of carbonyl (C=O) groups is 3. The highest BCUT2D eigenvalue weighted by Gasteiger charge is 2.79. The highest BCUT2D eigenvalue weighted by atomic mass is 16.5. The van der Waals surface area contributed by atoms with Crippen molar-refractivity contribution in [3.8, 4) is 0 Å². The van der Waals surface area contributed by atoms with E-state index < -0.39 is 35.1 Å². The molecule has 1 aromatic carbocycles. The number of aliphatic hydroxyl groups is 1. The Morgan fingerprint density at radius 2 is 1.83 bits per heavy atom. The number of likely N-dealkylation sites (tertiary alicyclic amines) is 1. The maximum absolute atomic E-state index is 14.1. The number of hydrogen-bond acceptors (Lipinski definition) is 5. The van der Waals surface area contributed by atoms with Crippen molar-refractivity contribution in [1.29, 1.82) is 0 Å². The second kappa shape index (κ2) is 9.78.